The van der Waals surface area contributed by atoms with Crippen LogP contribution in [-0.4, -0.2) is 18.3 Å². The Balaban J connectivity index is 2.29. The van der Waals surface area contributed by atoms with Crippen molar-refractivity contribution in [3.8, 4) is 11.5 Å². The maximum atomic E-state index is 11.5. The summed E-state index contributed by atoms with van der Waals surface area (Å²) in [5.74, 6) is 1.91. The molecule has 128 valence electrons. The quantitative estimate of drug-likeness (QED) is 0.801. The topological polar surface area (TPSA) is 40.5 Å². The van der Waals surface area contributed by atoms with Crippen LogP contribution in [0, 0.1) is 19.8 Å². The first kappa shape index (κ1) is 17.9. The van der Waals surface area contributed by atoms with Crippen LogP contribution in [0.1, 0.15) is 30.8 Å². The van der Waals surface area contributed by atoms with Gasteiger partial charge in [0.25, 0.3) is 0 Å². The molecule has 0 fully saturated rings. The third-order valence-electron chi connectivity index (χ3n) is 3.64. The first-order valence-corrected chi connectivity index (χ1v) is 8.09. The lowest BCUT2D eigenvalue weighted by Gasteiger charge is -2.13. The van der Waals surface area contributed by atoms with Gasteiger partial charge in [0.2, 0.25) is 0 Å². The number of aromatic nitrogens is 1. The van der Waals surface area contributed by atoms with Gasteiger partial charge >= 0.3 is 0 Å². The Morgan fingerprint density at radius 1 is 1.08 bits per heavy atom. The summed E-state index contributed by atoms with van der Waals surface area (Å²) in [6.45, 7) is 8.70. The van der Waals surface area contributed by atoms with E-state index in [9.17, 15) is 4.79 Å². The van der Waals surface area contributed by atoms with Crippen LogP contribution < -0.4 is 14.9 Å². The zero-order chi connectivity index (χ0) is 17.7. The van der Waals surface area contributed by atoms with Gasteiger partial charge in [0, 0.05) is 29.7 Å². The van der Waals surface area contributed by atoms with E-state index >= 15 is 0 Å². The maximum absolute atomic E-state index is 11.5. The van der Waals surface area contributed by atoms with Crippen LogP contribution >= 0.6 is 0 Å². The SMILES string of the molecule is COc1ccc(C=Cn2c(C)cc(=O)cc2C)cc1OCC(C)C. The minimum absolute atomic E-state index is 0.0310. The predicted octanol–water partition coefficient (Wildman–Crippen LogP) is 4.14. The number of nitrogens with zero attached hydrogens (tertiary/aromatic N) is 1. The second-order valence-electron chi connectivity index (χ2n) is 6.27. The van der Waals surface area contributed by atoms with Gasteiger partial charge in [-0.25, -0.2) is 0 Å². The third kappa shape index (κ3) is 4.51. The number of hydrogen-bond acceptors (Lipinski definition) is 3. The molecule has 1 aromatic heterocycles. The van der Waals surface area contributed by atoms with E-state index in [2.05, 4.69) is 13.8 Å². The molecule has 4 heteroatoms. The van der Waals surface area contributed by atoms with Crippen molar-refractivity contribution in [2.75, 3.05) is 13.7 Å². The first-order valence-electron chi connectivity index (χ1n) is 8.09. The van der Waals surface area contributed by atoms with E-state index in [1.807, 2.05) is 48.9 Å². The van der Waals surface area contributed by atoms with Gasteiger partial charge in [-0.3, -0.25) is 4.79 Å². The Morgan fingerprint density at radius 3 is 2.33 bits per heavy atom. The largest absolute Gasteiger partial charge is 0.493 e. The second kappa shape index (κ2) is 7.86. The summed E-state index contributed by atoms with van der Waals surface area (Å²) in [5.41, 5.74) is 2.85. The zero-order valence-corrected chi connectivity index (χ0v) is 15.0. The summed E-state index contributed by atoms with van der Waals surface area (Å²) in [6, 6.07) is 9.10. The van der Waals surface area contributed by atoms with Gasteiger partial charge in [0.15, 0.2) is 16.9 Å². The zero-order valence-electron chi connectivity index (χ0n) is 15.0. The van der Waals surface area contributed by atoms with Crippen LogP contribution in [0.5, 0.6) is 11.5 Å². The molecule has 0 aliphatic rings. The minimum Gasteiger partial charge on any atom is -0.493 e. The molecule has 0 saturated carbocycles. The first-order chi connectivity index (χ1) is 11.4. The molecule has 0 unspecified atom stereocenters. The number of benzene rings is 1. The lowest BCUT2D eigenvalue weighted by molar-refractivity contribution is 0.257. The number of rotatable bonds is 6. The standard InChI is InChI=1S/C20H25NO3/c1-14(2)13-24-20-12-17(6-7-19(20)23-5)8-9-21-15(3)10-18(22)11-16(21)4/h6-12,14H,13H2,1-5H3. The maximum Gasteiger partial charge on any atom is 0.182 e. The summed E-state index contributed by atoms with van der Waals surface area (Å²) in [6.07, 6.45) is 3.95. The van der Waals surface area contributed by atoms with Gasteiger partial charge in [-0.2, -0.15) is 0 Å². The summed E-state index contributed by atoms with van der Waals surface area (Å²) in [4.78, 5) is 11.5. The van der Waals surface area contributed by atoms with Crippen molar-refractivity contribution in [1.29, 1.82) is 0 Å². The molecule has 1 heterocycles. The highest BCUT2D eigenvalue weighted by atomic mass is 16.5. The number of hydrogen-bond donors (Lipinski definition) is 0. The Hall–Kier alpha value is -2.49. The summed E-state index contributed by atoms with van der Waals surface area (Å²) < 4.78 is 13.2. The third-order valence-corrected chi connectivity index (χ3v) is 3.64. The van der Waals surface area contributed by atoms with Crippen molar-refractivity contribution in [2.45, 2.75) is 27.7 Å². The highest BCUT2D eigenvalue weighted by molar-refractivity contribution is 5.64. The number of pyridine rings is 1. The van der Waals surface area contributed by atoms with Crippen molar-refractivity contribution in [2.24, 2.45) is 5.92 Å². The normalized spacial score (nSPS) is 11.2. The number of methoxy groups -OCH3 is 1. The van der Waals surface area contributed by atoms with Gasteiger partial charge in [-0.1, -0.05) is 19.9 Å². The molecule has 0 aliphatic heterocycles. The average Bonchev–Trinajstić information content (AvgIpc) is 2.52. The smallest absolute Gasteiger partial charge is 0.182 e. The van der Waals surface area contributed by atoms with Gasteiger partial charge < -0.3 is 14.0 Å². The summed E-state index contributed by atoms with van der Waals surface area (Å²) in [5, 5.41) is 0. The molecule has 24 heavy (non-hydrogen) atoms. The van der Waals surface area contributed by atoms with Crippen LogP contribution in [-0.2, 0) is 0 Å². The summed E-state index contributed by atoms with van der Waals surface area (Å²) in [7, 11) is 1.64. The Bertz CT molecular complexity index is 762. The van der Waals surface area contributed by atoms with Crippen LogP contribution in [0.15, 0.2) is 35.1 Å². The van der Waals surface area contributed by atoms with Gasteiger partial charge in [0.1, 0.15) is 0 Å². The molecule has 0 amide bonds. The molecule has 0 N–H and O–H groups in total. The van der Waals surface area contributed by atoms with E-state index in [0.29, 0.717) is 12.5 Å². The lowest BCUT2D eigenvalue weighted by atomic mass is 10.2. The van der Waals surface area contributed by atoms with Crippen LogP contribution in [0.4, 0.5) is 0 Å². The molecule has 0 spiro atoms. The fourth-order valence-corrected chi connectivity index (χ4v) is 2.43. The highest BCUT2D eigenvalue weighted by Gasteiger charge is 2.06. The Kier molecular flexibility index (Phi) is 5.85. The van der Waals surface area contributed by atoms with Crippen molar-refractivity contribution < 1.29 is 9.47 Å². The van der Waals surface area contributed by atoms with E-state index in [1.165, 1.54) is 0 Å². The van der Waals surface area contributed by atoms with E-state index < -0.39 is 0 Å². The molecule has 0 bridgehead atoms. The Labute approximate surface area is 143 Å². The highest BCUT2D eigenvalue weighted by Crippen LogP contribution is 2.29. The molecule has 2 rings (SSSR count). The molecule has 4 nitrogen and oxygen atoms in total. The number of aryl methyl sites for hydroxylation is 2. The molecule has 0 aliphatic carbocycles. The molecule has 2 aromatic rings. The minimum atomic E-state index is 0.0310. The molecular formula is C20H25NO3. The van der Waals surface area contributed by atoms with Crippen LogP contribution in [0.25, 0.3) is 12.3 Å². The predicted molar refractivity (Wildman–Crippen MR) is 98.7 cm³/mol. The van der Waals surface area contributed by atoms with E-state index in [0.717, 1.165) is 28.5 Å². The molecule has 0 saturated heterocycles. The van der Waals surface area contributed by atoms with Crippen molar-refractivity contribution in [3.63, 3.8) is 0 Å². The molecule has 1 aromatic carbocycles. The molecule has 0 radical (unpaired) electrons. The van der Waals surface area contributed by atoms with Gasteiger partial charge in [-0.05, 0) is 43.5 Å². The van der Waals surface area contributed by atoms with Crippen LogP contribution in [0.3, 0.4) is 0 Å². The van der Waals surface area contributed by atoms with Crippen molar-refractivity contribution >= 4 is 12.3 Å². The second-order valence-corrected chi connectivity index (χ2v) is 6.27. The fraction of sp³-hybridized carbons (Fsp3) is 0.350. The summed E-state index contributed by atoms with van der Waals surface area (Å²) >= 11 is 0. The molecule has 0 atom stereocenters. The van der Waals surface area contributed by atoms with E-state index in [4.69, 9.17) is 9.47 Å². The molecular weight excluding hydrogens is 302 g/mol. The lowest BCUT2D eigenvalue weighted by Crippen LogP contribution is -2.08. The van der Waals surface area contributed by atoms with Crippen molar-refractivity contribution in [1.82, 2.24) is 4.57 Å². The van der Waals surface area contributed by atoms with E-state index in [1.54, 1.807) is 19.2 Å². The van der Waals surface area contributed by atoms with Crippen molar-refractivity contribution in [3.05, 3.63) is 57.5 Å². The fourth-order valence-electron chi connectivity index (χ4n) is 2.43. The average molecular weight is 327 g/mol. The monoisotopic (exact) mass is 327 g/mol. The van der Waals surface area contributed by atoms with E-state index in [-0.39, 0.29) is 5.43 Å². The number of ether oxygens (including phenoxy) is 2. The van der Waals surface area contributed by atoms with Gasteiger partial charge in [0.05, 0.1) is 13.7 Å². The van der Waals surface area contributed by atoms with Crippen LogP contribution in [0.2, 0.25) is 0 Å². The Morgan fingerprint density at radius 2 is 1.75 bits per heavy atom. The van der Waals surface area contributed by atoms with Gasteiger partial charge in [-0.15, -0.1) is 0 Å².